The van der Waals surface area contributed by atoms with Gasteiger partial charge in [-0.1, -0.05) is 23.7 Å². The maximum Gasteiger partial charge on any atom is 0.264 e. The molecule has 1 atom stereocenters. The van der Waals surface area contributed by atoms with E-state index in [0.29, 0.717) is 44.3 Å². The van der Waals surface area contributed by atoms with E-state index in [-0.39, 0.29) is 17.7 Å². The summed E-state index contributed by atoms with van der Waals surface area (Å²) in [5.74, 6) is 0.107. The number of nitrogens with zero attached hydrogens (tertiary/aromatic N) is 1. The molecule has 1 N–H and O–H groups in total. The van der Waals surface area contributed by atoms with E-state index in [2.05, 4.69) is 5.32 Å². The van der Waals surface area contributed by atoms with Gasteiger partial charge in [-0.3, -0.25) is 9.59 Å². The van der Waals surface area contributed by atoms with E-state index in [4.69, 9.17) is 16.3 Å². The number of ether oxygens (including phenoxy) is 1. The third kappa shape index (κ3) is 4.40. The summed E-state index contributed by atoms with van der Waals surface area (Å²) in [4.78, 5) is 29.2. The number of thiophene rings is 1. The molecule has 1 aliphatic heterocycles. The molecular weight excluding hydrogens is 396 g/mol. The molecular formula is C21H23ClN2O3S. The number of hydrogen-bond donors (Lipinski definition) is 1. The molecule has 5 nitrogen and oxygen atoms in total. The molecule has 2 aliphatic rings. The van der Waals surface area contributed by atoms with Crippen molar-refractivity contribution in [2.75, 3.05) is 26.3 Å². The summed E-state index contributed by atoms with van der Waals surface area (Å²) in [5.41, 5.74) is 2.14. The predicted octanol–water partition coefficient (Wildman–Crippen LogP) is 3.30. The van der Waals surface area contributed by atoms with Crippen molar-refractivity contribution in [3.8, 4) is 0 Å². The second-order valence-corrected chi connectivity index (χ2v) is 8.82. The number of fused-ring (bicyclic) bond motifs is 1. The zero-order valence-corrected chi connectivity index (χ0v) is 17.2. The summed E-state index contributed by atoms with van der Waals surface area (Å²) < 4.78 is 5.33. The Morgan fingerprint density at radius 1 is 1.25 bits per heavy atom. The lowest BCUT2D eigenvalue weighted by Crippen LogP contribution is -2.40. The Labute approximate surface area is 173 Å². The molecule has 2 heterocycles. The highest BCUT2D eigenvalue weighted by Crippen LogP contribution is 2.33. The van der Waals surface area contributed by atoms with Gasteiger partial charge >= 0.3 is 0 Å². The minimum Gasteiger partial charge on any atom is -0.378 e. The number of rotatable bonds is 4. The topological polar surface area (TPSA) is 58.6 Å². The van der Waals surface area contributed by atoms with Crippen LogP contribution in [-0.2, 0) is 28.9 Å². The predicted molar refractivity (Wildman–Crippen MR) is 110 cm³/mol. The van der Waals surface area contributed by atoms with Crippen LogP contribution in [0.4, 0.5) is 0 Å². The van der Waals surface area contributed by atoms with Crippen molar-refractivity contribution < 1.29 is 14.3 Å². The molecule has 1 aromatic heterocycles. The van der Waals surface area contributed by atoms with E-state index in [9.17, 15) is 9.59 Å². The molecule has 4 rings (SSSR count). The first-order chi connectivity index (χ1) is 13.6. The van der Waals surface area contributed by atoms with E-state index >= 15 is 0 Å². The van der Waals surface area contributed by atoms with Crippen LogP contribution >= 0.6 is 22.9 Å². The number of carbonyl (C=O) groups is 2. The van der Waals surface area contributed by atoms with Gasteiger partial charge in [0.05, 0.1) is 18.1 Å². The molecule has 1 fully saturated rings. The van der Waals surface area contributed by atoms with Crippen molar-refractivity contribution in [3.63, 3.8) is 0 Å². The minimum atomic E-state index is -0.0485. The number of halogens is 1. The molecule has 1 aromatic carbocycles. The summed E-state index contributed by atoms with van der Waals surface area (Å²) in [7, 11) is 0. The number of aryl methyl sites for hydroxylation is 1. The highest BCUT2D eigenvalue weighted by molar-refractivity contribution is 7.14. The van der Waals surface area contributed by atoms with Gasteiger partial charge in [0.15, 0.2) is 0 Å². The highest BCUT2D eigenvalue weighted by atomic mass is 35.5. The summed E-state index contributed by atoms with van der Waals surface area (Å²) in [6, 6.07) is 9.52. The first-order valence-electron chi connectivity index (χ1n) is 9.61. The van der Waals surface area contributed by atoms with Crippen molar-refractivity contribution in [2.45, 2.75) is 25.8 Å². The van der Waals surface area contributed by atoms with Gasteiger partial charge in [-0.2, -0.15) is 0 Å². The molecule has 28 heavy (non-hydrogen) atoms. The van der Waals surface area contributed by atoms with Crippen LogP contribution in [0.2, 0.25) is 5.02 Å². The third-order valence-electron chi connectivity index (χ3n) is 5.32. The minimum absolute atomic E-state index is 0.0485. The molecule has 148 valence electrons. The van der Waals surface area contributed by atoms with Crippen LogP contribution in [0, 0.1) is 5.92 Å². The normalized spacial score (nSPS) is 19.2. The van der Waals surface area contributed by atoms with Gasteiger partial charge in [0.25, 0.3) is 5.91 Å². The molecule has 2 amide bonds. The van der Waals surface area contributed by atoms with Crippen molar-refractivity contribution in [1.82, 2.24) is 10.2 Å². The number of carbonyl (C=O) groups excluding carboxylic acids is 2. The summed E-state index contributed by atoms with van der Waals surface area (Å²) in [5, 5.41) is 3.70. The lowest BCUT2D eigenvalue weighted by molar-refractivity contribution is -0.125. The highest BCUT2D eigenvalue weighted by Gasteiger charge is 2.28. The van der Waals surface area contributed by atoms with Crippen LogP contribution in [0.5, 0.6) is 0 Å². The van der Waals surface area contributed by atoms with E-state index in [0.717, 1.165) is 28.8 Å². The second kappa shape index (κ2) is 8.64. The maximum absolute atomic E-state index is 12.7. The van der Waals surface area contributed by atoms with E-state index in [1.807, 2.05) is 35.2 Å². The fourth-order valence-corrected chi connectivity index (χ4v) is 5.14. The van der Waals surface area contributed by atoms with Gasteiger partial charge in [-0.05, 0) is 48.6 Å². The zero-order chi connectivity index (χ0) is 19.5. The van der Waals surface area contributed by atoms with Crippen LogP contribution in [-0.4, -0.2) is 43.0 Å². The molecule has 0 spiro atoms. The van der Waals surface area contributed by atoms with E-state index in [1.165, 1.54) is 4.88 Å². The lowest BCUT2D eigenvalue weighted by atomic mass is 9.87. The van der Waals surface area contributed by atoms with Crippen LogP contribution in [0.15, 0.2) is 30.3 Å². The van der Waals surface area contributed by atoms with E-state index in [1.54, 1.807) is 11.3 Å². The van der Waals surface area contributed by atoms with Crippen LogP contribution < -0.4 is 5.32 Å². The van der Waals surface area contributed by atoms with Gasteiger partial charge in [0.2, 0.25) is 5.91 Å². The first kappa shape index (κ1) is 19.4. The molecule has 0 unspecified atom stereocenters. The Kier molecular flexibility index (Phi) is 5.99. The Hall–Kier alpha value is -1.89. The molecule has 7 heteroatoms. The Balaban J connectivity index is 1.37. The van der Waals surface area contributed by atoms with Crippen molar-refractivity contribution in [2.24, 2.45) is 5.92 Å². The SMILES string of the molecule is O=C(NCc1cccc(Cl)c1)[C@H]1CCc2sc(C(=O)N3CCOCC3)cc2C1. The molecule has 0 saturated carbocycles. The van der Waals surface area contributed by atoms with Crippen molar-refractivity contribution in [1.29, 1.82) is 0 Å². The molecule has 0 bridgehead atoms. The van der Waals surface area contributed by atoms with Crippen molar-refractivity contribution >= 4 is 34.8 Å². The summed E-state index contributed by atoms with van der Waals surface area (Å²) in [6.07, 6.45) is 2.37. The van der Waals surface area contributed by atoms with Crippen LogP contribution in [0.3, 0.4) is 0 Å². The Morgan fingerprint density at radius 2 is 2.07 bits per heavy atom. The second-order valence-electron chi connectivity index (χ2n) is 7.25. The van der Waals surface area contributed by atoms with Gasteiger partial charge < -0.3 is 15.0 Å². The first-order valence-corrected chi connectivity index (χ1v) is 10.8. The van der Waals surface area contributed by atoms with Gasteiger partial charge in [0, 0.05) is 35.5 Å². The zero-order valence-electron chi connectivity index (χ0n) is 15.6. The van der Waals surface area contributed by atoms with Gasteiger partial charge in [-0.15, -0.1) is 11.3 Å². The average molecular weight is 419 g/mol. The van der Waals surface area contributed by atoms with Crippen LogP contribution in [0.1, 0.15) is 32.1 Å². The number of nitrogens with one attached hydrogen (secondary N) is 1. The smallest absolute Gasteiger partial charge is 0.264 e. The maximum atomic E-state index is 12.7. The molecule has 1 aliphatic carbocycles. The largest absolute Gasteiger partial charge is 0.378 e. The summed E-state index contributed by atoms with van der Waals surface area (Å²) >= 11 is 7.58. The standard InChI is InChI=1S/C21H23ClN2O3S/c22-17-3-1-2-14(10-17)13-23-20(25)15-4-5-18-16(11-15)12-19(28-18)21(26)24-6-8-27-9-7-24/h1-3,10,12,15H,4-9,11,13H2,(H,23,25)/t15-/m0/s1. The Bertz CT molecular complexity index is 876. The summed E-state index contributed by atoms with van der Waals surface area (Å²) in [6.45, 7) is 2.98. The fraction of sp³-hybridized carbons (Fsp3) is 0.429. The average Bonchev–Trinajstić information content (AvgIpc) is 3.15. The lowest BCUT2D eigenvalue weighted by Gasteiger charge is -2.26. The Morgan fingerprint density at radius 3 is 2.86 bits per heavy atom. The molecule has 2 aromatic rings. The fourth-order valence-electron chi connectivity index (χ4n) is 3.76. The van der Waals surface area contributed by atoms with Crippen LogP contribution in [0.25, 0.3) is 0 Å². The molecule has 0 radical (unpaired) electrons. The van der Waals surface area contributed by atoms with Gasteiger partial charge in [0.1, 0.15) is 0 Å². The quantitative estimate of drug-likeness (QED) is 0.828. The van der Waals surface area contributed by atoms with E-state index < -0.39 is 0 Å². The molecule has 1 saturated heterocycles. The number of morpholine rings is 1. The monoisotopic (exact) mass is 418 g/mol. The van der Waals surface area contributed by atoms with Gasteiger partial charge in [-0.25, -0.2) is 0 Å². The van der Waals surface area contributed by atoms with Crippen molar-refractivity contribution in [3.05, 3.63) is 56.2 Å². The number of hydrogen-bond acceptors (Lipinski definition) is 4. The number of amides is 2. The third-order valence-corrected chi connectivity index (χ3v) is 6.78. The number of benzene rings is 1.